The normalized spacial score (nSPS) is 14.7. The van der Waals surface area contributed by atoms with Crippen molar-refractivity contribution in [3.63, 3.8) is 0 Å². The number of para-hydroxylation sites is 1. The predicted octanol–water partition coefficient (Wildman–Crippen LogP) is 2.43. The van der Waals surface area contributed by atoms with Crippen LogP contribution in [-0.2, 0) is 0 Å². The first-order valence-corrected chi connectivity index (χ1v) is 6.22. The van der Waals surface area contributed by atoms with E-state index in [1.54, 1.807) is 7.11 Å². The summed E-state index contributed by atoms with van der Waals surface area (Å²) in [5.41, 5.74) is 7.10. The summed E-state index contributed by atoms with van der Waals surface area (Å²) in [5, 5.41) is 0. The third-order valence-electron chi connectivity index (χ3n) is 3.07. The van der Waals surface area contributed by atoms with Crippen molar-refractivity contribution in [3.8, 4) is 5.75 Å². The lowest BCUT2D eigenvalue weighted by molar-refractivity contribution is 0.208. The van der Waals surface area contributed by atoms with Crippen molar-refractivity contribution >= 4 is 0 Å². The Morgan fingerprint density at radius 1 is 1.29 bits per heavy atom. The highest BCUT2D eigenvalue weighted by Crippen LogP contribution is 2.28. The molecule has 1 aromatic rings. The summed E-state index contributed by atoms with van der Waals surface area (Å²) in [6.45, 7) is 8.28. The summed E-state index contributed by atoms with van der Waals surface area (Å²) in [4.78, 5) is 2.36. The number of rotatable bonds is 6. The Labute approximate surface area is 105 Å². The monoisotopic (exact) mass is 236 g/mol. The van der Waals surface area contributed by atoms with E-state index in [2.05, 4.69) is 24.8 Å². The molecule has 0 radical (unpaired) electrons. The summed E-state index contributed by atoms with van der Waals surface area (Å²) in [7, 11) is 1.72. The van der Waals surface area contributed by atoms with E-state index in [0.29, 0.717) is 6.04 Å². The maximum absolute atomic E-state index is 5.88. The minimum Gasteiger partial charge on any atom is -0.496 e. The zero-order chi connectivity index (χ0) is 12.8. The van der Waals surface area contributed by atoms with Gasteiger partial charge in [-0.05, 0) is 26.5 Å². The van der Waals surface area contributed by atoms with Crippen LogP contribution in [0.4, 0.5) is 0 Å². The molecule has 3 heteroatoms. The van der Waals surface area contributed by atoms with Crippen molar-refractivity contribution in [1.82, 2.24) is 4.90 Å². The molecule has 0 bridgehead atoms. The van der Waals surface area contributed by atoms with Crippen LogP contribution in [0.25, 0.3) is 0 Å². The van der Waals surface area contributed by atoms with Gasteiger partial charge in [-0.15, -0.1) is 0 Å². The number of likely N-dealkylation sites (N-methyl/N-ethyl adjacent to an activating group) is 1. The van der Waals surface area contributed by atoms with Crippen LogP contribution in [0, 0.1) is 0 Å². The van der Waals surface area contributed by atoms with Crippen molar-refractivity contribution in [2.24, 2.45) is 5.73 Å². The van der Waals surface area contributed by atoms with Gasteiger partial charge in [0.1, 0.15) is 5.75 Å². The quantitative estimate of drug-likeness (QED) is 0.824. The number of methoxy groups -OCH3 is 1. The van der Waals surface area contributed by atoms with E-state index in [9.17, 15) is 0 Å². The molecule has 3 nitrogen and oxygen atoms in total. The molecule has 0 heterocycles. The van der Waals surface area contributed by atoms with Gasteiger partial charge in [-0.2, -0.15) is 0 Å². The smallest absolute Gasteiger partial charge is 0.123 e. The second-order valence-electron chi connectivity index (χ2n) is 4.48. The summed E-state index contributed by atoms with van der Waals surface area (Å²) >= 11 is 0. The first kappa shape index (κ1) is 14.0. The standard InChI is InChI=1S/C14H24N2O/c1-5-16(10-11(2)15)12(3)13-8-6-7-9-14(13)17-4/h6-9,11-12H,5,10,15H2,1-4H3/t11-,12-/m0/s1. The summed E-state index contributed by atoms with van der Waals surface area (Å²) < 4.78 is 5.41. The minimum absolute atomic E-state index is 0.187. The molecular weight excluding hydrogens is 212 g/mol. The molecule has 0 aliphatic rings. The molecule has 1 aromatic carbocycles. The third-order valence-corrected chi connectivity index (χ3v) is 3.07. The number of hydrogen-bond donors (Lipinski definition) is 1. The number of ether oxygens (including phenoxy) is 1. The highest BCUT2D eigenvalue weighted by Gasteiger charge is 2.18. The lowest BCUT2D eigenvalue weighted by atomic mass is 10.1. The molecule has 0 amide bonds. The topological polar surface area (TPSA) is 38.5 Å². The van der Waals surface area contributed by atoms with Gasteiger partial charge in [-0.25, -0.2) is 0 Å². The van der Waals surface area contributed by atoms with Gasteiger partial charge in [0.05, 0.1) is 7.11 Å². The molecule has 96 valence electrons. The van der Waals surface area contributed by atoms with Gasteiger partial charge in [-0.1, -0.05) is 25.1 Å². The molecule has 0 fully saturated rings. The highest BCUT2D eigenvalue weighted by molar-refractivity contribution is 5.35. The average Bonchev–Trinajstić information content (AvgIpc) is 2.34. The highest BCUT2D eigenvalue weighted by atomic mass is 16.5. The second-order valence-corrected chi connectivity index (χ2v) is 4.48. The van der Waals surface area contributed by atoms with Crippen molar-refractivity contribution in [2.75, 3.05) is 20.2 Å². The molecule has 2 atom stereocenters. The first-order valence-electron chi connectivity index (χ1n) is 6.22. The zero-order valence-corrected chi connectivity index (χ0v) is 11.3. The van der Waals surface area contributed by atoms with Crippen LogP contribution in [0.3, 0.4) is 0 Å². The molecule has 0 aliphatic heterocycles. The Kier molecular flexibility index (Phi) is 5.45. The fourth-order valence-electron chi connectivity index (χ4n) is 2.14. The summed E-state index contributed by atoms with van der Waals surface area (Å²) in [5.74, 6) is 0.947. The van der Waals surface area contributed by atoms with E-state index in [0.717, 1.165) is 18.8 Å². The summed E-state index contributed by atoms with van der Waals surface area (Å²) in [6.07, 6.45) is 0. The van der Waals surface area contributed by atoms with Crippen LogP contribution in [0.2, 0.25) is 0 Å². The van der Waals surface area contributed by atoms with E-state index < -0.39 is 0 Å². The number of nitrogens with zero attached hydrogens (tertiary/aromatic N) is 1. The van der Waals surface area contributed by atoms with Crippen LogP contribution >= 0.6 is 0 Å². The zero-order valence-electron chi connectivity index (χ0n) is 11.3. The van der Waals surface area contributed by atoms with Crippen molar-refractivity contribution in [1.29, 1.82) is 0 Å². The van der Waals surface area contributed by atoms with Gasteiger partial charge in [-0.3, -0.25) is 4.90 Å². The third kappa shape index (κ3) is 3.72. The van der Waals surface area contributed by atoms with Crippen molar-refractivity contribution in [3.05, 3.63) is 29.8 Å². The van der Waals surface area contributed by atoms with E-state index in [1.165, 1.54) is 5.56 Å². The van der Waals surface area contributed by atoms with E-state index >= 15 is 0 Å². The molecule has 0 aliphatic carbocycles. The van der Waals surface area contributed by atoms with E-state index in [4.69, 9.17) is 10.5 Å². The van der Waals surface area contributed by atoms with Gasteiger partial charge in [0.2, 0.25) is 0 Å². The maximum atomic E-state index is 5.88. The number of nitrogens with two attached hydrogens (primary N) is 1. The Hall–Kier alpha value is -1.06. The van der Waals surface area contributed by atoms with E-state index in [-0.39, 0.29) is 6.04 Å². The molecule has 1 rings (SSSR count). The van der Waals surface area contributed by atoms with E-state index in [1.807, 2.05) is 25.1 Å². The lowest BCUT2D eigenvalue weighted by Crippen LogP contribution is -2.37. The largest absolute Gasteiger partial charge is 0.496 e. The fraction of sp³-hybridized carbons (Fsp3) is 0.571. The van der Waals surface area contributed by atoms with Crippen LogP contribution in [-0.4, -0.2) is 31.1 Å². The Morgan fingerprint density at radius 2 is 1.94 bits per heavy atom. The Balaban J connectivity index is 2.89. The maximum Gasteiger partial charge on any atom is 0.123 e. The van der Waals surface area contributed by atoms with Gasteiger partial charge in [0.15, 0.2) is 0 Å². The molecule has 0 spiro atoms. The minimum atomic E-state index is 0.187. The summed E-state index contributed by atoms with van der Waals surface area (Å²) in [6, 6.07) is 8.68. The van der Waals surface area contributed by atoms with Crippen molar-refractivity contribution in [2.45, 2.75) is 32.9 Å². The number of hydrogen-bond acceptors (Lipinski definition) is 3. The van der Waals surface area contributed by atoms with Crippen molar-refractivity contribution < 1.29 is 4.74 Å². The fourth-order valence-corrected chi connectivity index (χ4v) is 2.14. The molecule has 17 heavy (non-hydrogen) atoms. The Morgan fingerprint density at radius 3 is 2.47 bits per heavy atom. The Bertz CT molecular complexity index is 339. The number of benzene rings is 1. The molecule has 0 aromatic heterocycles. The van der Waals surface area contributed by atoms with Gasteiger partial charge in [0.25, 0.3) is 0 Å². The van der Waals surface area contributed by atoms with Crippen LogP contribution in [0.1, 0.15) is 32.4 Å². The molecular formula is C14H24N2O. The lowest BCUT2D eigenvalue weighted by Gasteiger charge is -2.30. The van der Waals surface area contributed by atoms with Gasteiger partial charge < -0.3 is 10.5 Å². The molecule has 0 saturated carbocycles. The van der Waals surface area contributed by atoms with Gasteiger partial charge in [0, 0.05) is 24.2 Å². The molecule has 0 unspecified atom stereocenters. The second kappa shape index (κ2) is 6.62. The van der Waals surface area contributed by atoms with Crippen LogP contribution in [0.5, 0.6) is 5.75 Å². The SMILES string of the molecule is CCN(C[C@H](C)N)[C@@H](C)c1ccccc1OC. The van der Waals surface area contributed by atoms with Gasteiger partial charge >= 0.3 is 0 Å². The molecule has 2 N–H and O–H groups in total. The average molecular weight is 236 g/mol. The van der Waals surface area contributed by atoms with Crippen LogP contribution in [0.15, 0.2) is 24.3 Å². The van der Waals surface area contributed by atoms with Crippen LogP contribution < -0.4 is 10.5 Å². The predicted molar refractivity (Wildman–Crippen MR) is 72.3 cm³/mol. The molecule has 0 saturated heterocycles. The first-order chi connectivity index (χ1) is 8.10.